The molecule has 0 spiro atoms. The largest absolute Gasteiger partial charge is 0.395 e. The number of hydrogen-bond acceptors (Lipinski definition) is 3. The molecule has 86 valence electrons. The van der Waals surface area contributed by atoms with Crippen LogP contribution in [0.2, 0.25) is 0 Å². The van der Waals surface area contributed by atoms with E-state index in [1.165, 1.54) is 19.3 Å². The maximum Gasteiger partial charge on any atom is 0.0642 e. The number of aliphatic hydroxyl groups is 1. The van der Waals surface area contributed by atoms with Gasteiger partial charge in [0.1, 0.15) is 0 Å². The first kappa shape index (κ1) is 13.9. The van der Waals surface area contributed by atoms with Crippen molar-refractivity contribution in [2.24, 2.45) is 0 Å². The smallest absolute Gasteiger partial charge is 0.0642 e. The Morgan fingerprint density at radius 1 is 1.21 bits per heavy atom. The summed E-state index contributed by atoms with van der Waals surface area (Å²) >= 11 is 0. The minimum Gasteiger partial charge on any atom is -0.395 e. The molecule has 0 heterocycles. The van der Waals surface area contributed by atoms with Crippen molar-refractivity contribution in [3.8, 4) is 0 Å². The molecule has 1 atom stereocenters. The minimum absolute atomic E-state index is 0.103. The number of nitrogens with one attached hydrogen (secondary N) is 1. The van der Waals surface area contributed by atoms with Gasteiger partial charge >= 0.3 is 0 Å². The van der Waals surface area contributed by atoms with Gasteiger partial charge in [0.15, 0.2) is 0 Å². The lowest BCUT2D eigenvalue weighted by Crippen LogP contribution is -2.36. The van der Waals surface area contributed by atoms with Crippen molar-refractivity contribution in [3.05, 3.63) is 0 Å². The zero-order chi connectivity index (χ0) is 10.6. The molecule has 1 unspecified atom stereocenters. The molecular weight excluding hydrogens is 178 g/mol. The molecule has 0 saturated heterocycles. The maximum absolute atomic E-state index is 8.96. The van der Waals surface area contributed by atoms with Crippen LogP contribution < -0.4 is 5.32 Å². The predicted octanol–water partition coefficient (Wildman–Crippen LogP) is 1.55. The summed E-state index contributed by atoms with van der Waals surface area (Å²) < 4.78 is 5.46. The summed E-state index contributed by atoms with van der Waals surface area (Å²) in [4.78, 5) is 0. The Morgan fingerprint density at radius 2 is 2.00 bits per heavy atom. The first-order valence-corrected chi connectivity index (χ1v) is 5.77. The van der Waals surface area contributed by atoms with Crippen molar-refractivity contribution < 1.29 is 9.84 Å². The van der Waals surface area contributed by atoms with Crippen LogP contribution in [0, 0.1) is 0 Å². The van der Waals surface area contributed by atoms with E-state index in [4.69, 9.17) is 9.84 Å². The molecule has 0 aliphatic carbocycles. The molecule has 0 rings (SSSR count). The molecule has 0 aliphatic rings. The molecule has 2 N–H and O–H groups in total. The van der Waals surface area contributed by atoms with Gasteiger partial charge in [-0.2, -0.15) is 0 Å². The monoisotopic (exact) mass is 203 g/mol. The molecule has 0 aromatic rings. The van der Waals surface area contributed by atoms with E-state index in [9.17, 15) is 0 Å². The SMILES string of the molecule is CCCCCCOCC(CO)NCC. The number of hydrogen-bond donors (Lipinski definition) is 2. The van der Waals surface area contributed by atoms with Gasteiger partial charge in [-0.3, -0.25) is 0 Å². The topological polar surface area (TPSA) is 41.5 Å². The lowest BCUT2D eigenvalue weighted by atomic mass is 10.2. The van der Waals surface area contributed by atoms with E-state index in [2.05, 4.69) is 12.2 Å². The van der Waals surface area contributed by atoms with Crippen LogP contribution in [0.1, 0.15) is 39.5 Å². The molecule has 3 nitrogen and oxygen atoms in total. The Balaban J connectivity index is 3.15. The number of likely N-dealkylation sites (N-methyl/N-ethyl adjacent to an activating group) is 1. The summed E-state index contributed by atoms with van der Waals surface area (Å²) in [6.45, 7) is 6.71. The van der Waals surface area contributed by atoms with Crippen molar-refractivity contribution in [1.29, 1.82) is 0 Å². The van der Waals surface area contributed by atoms with Crippen molar-refractivity contribution in [2.45, 2.75) is 45.6 Å². The van der Waals surface area contributed by atoms with Gasteiger partial charge in [-0.05, 0) is 13.0 Å². The third-order valence-electron chi connectivity index (χ3n) is 2.17. The van der Waals surface area contributed by atoms with Crippen molar-refractivity contribution in [3.63, 3.8) is 0 Å². The Bertz CT molecular complexity index is 109. The van der Waals surface area contributed by atoms with Crippen LogP contribution in [0.25, 0.3) is 0 Å². The van der Waals surface area contributed by atoms with Gasteiger partial charge in [0.2, 0.25) is 0 Å². The van der Waals surface area contributed by atoms with Gasteiger partial charge in [-0.1, -0.05) is 33.1 Å². The fraction of sp³-hybridized carbons (Fsp3) is 1.00. The molecule has 3 heteroatoms. The number of rotatable bonds is 10. The van der Waals surface area contributed by atoms with E-state index >= 15 is 0 Å². The third-order valence-corrected chi connectivity index (χ3v) is 2.17. The van der Waals surface area contributed by atoms with Crippen molar-refractivity contribution >= 4 is 0 Å². The molecular formula is C11H25NO2. The van der Waals surface area contributed by atoms with Crippen LogP contribution in [-0.4, -0.2) is 37.5 Å². The highest BCUT2D eigenvalue weighted by Crippen LogP contribution is 1.99. The quantitative estimate of drug-likeness (QED) is 0.529. The van der Waals surface area contributed by atoms with E-state index in [0.29, 0.717) is 6.61 Å². The third kappa shape index (κ3) is 8.48. The highest BCUT2D eigenvalue weighted by molar-refractivity contribution is 4.62. The Hall–Kier alpha value is -0.120. The molecule has 0 bridgehead atoms. The van der Waals surface area contributed by atoms with E-state index in [0.717, 1.165) is 19.6 Å². The van der Waals surface area contributed by atoms with Crippen LogP contribution in [0.15, 0.2) is 0 Å². The van der Waals surface area contributed by atoms with E-state index in [-0.39, 0.29) is 12.6 Å². The summed E-state index contributed by atoms with van der Waals surface area (Å²) in [5.41, 5.74) is 0. The Kier molecular flexibility index (Phi) is 10.9. The van der Waals surface area contributed by atoms with Crippen LogP contribution in [-0.2, 0) is 4.74 Å². The Labute approximate surface area is 87.8 Å². The molecule has 0 radical (unpaired) electrons. The molecule has 14 heavy (non-hydrogen) atoms. The predicted molar refractivity (Wildman–Crippen MR) is 59.5 cm³/mol. The molecule has 0 aromatic carbocycles. The van der Waals surface area contributed by atoms with E-state index in [1.807, 2.05) is 6.92 Å². The standard InChI is InChI=1S/C11H25NO2/c1-3-5-6-7-8-14-10-11(9-13)12-4-2/h11-13H,3-10H2,1-2H3. The normalized spacial score (nSPS) is 13.1. The van der Waals surface area contributed by atoms with Gasteiger partial charge in [-0.25, -0.2) is 0 Å². The van der Waals surface area contributed by atoms with Gasteiger partial charge in [-0.15, -0.1) is 0 Å². The van der Waals surface area contributed by atoms with Crippen molar-refractivity contribution in [2.75, 3.05) is 26.4 Å². The van der Waals surface area contributed by atoms with E-state index < -0.39 is 0 Å². The average molecular weight is 203 g/mol. The van der Waals surface area contributed by atoms with Gasteiger partial charge < -0.3 is 15.2 Å². The number of ether oxygens (including phenoxy) is 1. The first-order chi connectivity index (χ1) is 6.85. The van der Waals surface area contributed by atoms with Crippen LogP contribution in [0.4, 0.5) is 0 Å². The maximum atomic E-state index is 8.96. The zero-order valence-corrected chi connectivity index (χ0v) is 9.59. The first-order valence-electron chi connectivity index (χ1n) is 5.77. The van der Waals surface area contributed by atoms with Crippen LogP contribution in [0.5, 0.6) is 0 Å². The summed E-state index contributed by atoms with van der Waals surface area (Å²) in [5, 5.41) is 12.1. The second-order valence-electron chi connectivity index (χ2n) is 3.57. The second kappa shape index (κ2) is 11.0. The Morgan fingerprint density at radius 3 is 2.57 bits per heavy atom. The summed E-state index contributed by atoms with van der Waals surface area (Å²) in [6.07, 6.45) is 4.94. The molecule has 0 amide bonds. The minimum atomic E-state index is 0.103. The average Bonchev–Trinajstić information content (AvgIpc) is 2.21. The number of aliphatic hydroxyl groups excluding tert-OH is 1. The molecule has 0 aromatic heterocycles. The van der Waals surface area contributed by atoms with Crippen LogP contribution in [0.3, 0.4) is 0 Å². The van der Waals surface area contributed by atoms with Crippen LogP contribution >= 0.6 is 0 Å². The lowest BCUT2D eigenvalue weighted by Gasteiger charge is -2.14. The summed E-state index contributed by atoms with van der Waals surface area (Å²) in [7, 11) is 0. The highest BCUT2D eigenvalue weighted by Gasteiger charge is 2.04. The van der Waals surface area contributed by atoms with E-state index in [1.54, 1.807) is 0 Å². The zero-order valence-electron chi connectivity index (χ0n) is 9.59. The fourth-order valence-corrected chi connectivity index (χ4v) is 1.32. The lowest BCUT2D eigenvalue weighted by molar-refractivity contribution is 0.0868. The molecule has 0 saturated carbocycles. The molecule has 0 fully saturated rings. The highest BCUT2D eigenvalue weighted by atomic mass is 16.5. The number of unbranched alkanes of at least 4 members (excludes halogenated alkanes) is 3. The van der Waals surface area contributed by atoms with Gasteiger partial charge in [0, 0.05) is 6.61 Å². The molecule has 0 aliphatic heterocycles. The summed E-state index contributed by atoms with van der Waals surface area (Å²) in [6, 6.07) is 0.103. The fourth-order valence-electron chi connectivity index (χ4n) is 1.32. The summed E-state index contributed by atoms with van der Waals surface area (Å²) in [5.74, 6) is 0. The van der Waals surface area contributed by atoms with Crippen molar-refractivity contribution in [1.82, 2.24) is 5.32 Å². The van der Waals surface area contributed by atoms with Gasteiger partial charge in [0.25, 0.3) is 0 Å². The van der Waals surface area contributed by atoms with Gasteiger partial charge in [0.05, 0.1) is 19.3 Å². The second-order valence-corrected chi connectivity index (χ2v) is 3.57.